The standard InChI is InChI=1S/C22H22BrClN2O6/c1-10(2)32-15(27)9-31-20-14(30-3)7-13(18(23)19(20)24)8-25-26-21(28)16-11-4-5-12(6-11)17(16)22(26)29/h4-5,7-8,10-12,16-17H,6,9H2,1-3H3/t11-,12-,16-,17+/m0/s1. The van der Waals surface area contributed by atoms with Crippen molar-refractivity contribution in [3.05, 3.63) is 33.3 Å². The van der Waals surface area contributed by atoms with Crippen LogP contribution in [0.15, 0.2) is 27.8 Å². The van der Waals surface area contributed by atoms with Crippen LogP contribution in [0.25, 0.3) is 0 Å². The second kappa shape index (κ2) is 8.86. The van der Waals surface area contributed by atoms with Gasteiger partial charge in [0.05, 0.1) is 31.3 Å². The van der Waals surface area contributed by atoms with Gasteiger partial charge in [0.15, 0.2) is 18.1 Å². The largest absolute Gasteiger partial charge is 0.493 e. The molecule has 0 unspecified atom stereocenters. The summed E-state index contributed by atoms with van der Waals surface area (Å²) in [5, 5.41) is 5.28. The number of amides is 2. The van der Waals surface area contributed by atoms with Crippen molar-refractivity contribution < 1.29 is 28.6 Å². The van der Waals surface area contributed by atoms with Crippen molar-refractivity contribution in [3.63, 3.8) is 0 Å². The lowest BCUT2D eigenvalue weighted by Gasteiger charge is -2.16. The normalized spacial score (nSPS) is 25.9. The molecular weight excluding hydrogens is 504 g/mol. The first-order chi connectivity index (χ1) is 15.2. The van der Waals surface area contributed by atoms with Gasteiger partial charge in [-0.05, 0) is 54.1 Å². The van der Waals surface area contributed by atoms with Crippen molar-refractivity contribution in [1.82, 2.24) is 5.01 Å². The second-order valence-electron chi connectivity index (χ2n) is 8.19. The number of benzene rings is 1. The Morgan fingerprint density at radius 2 is 1.91 bits per heavy atom. The average molecular weight is 526 g/mol. The molecule has 2 aliphatic carbocycles. The molecule has 0 spiro atoms. The fourth-order valence-corrected chi connectivity index (χ4v) is 5.19. The lowest BCUT2D eigenvalue weighted by atomic mass is 9.85. The zero-order chi connectivity index (χ0) is 23.2. The Morgan fingerprint density at radius 1 is 1.28 bits per heavy atom. The van der Waals surface area contributed by atoms with Gasteiger partial charge in [0.2, 0.25) is 0 Å². The van der Waals surface area contributed by atoms with Crippen LogP contribution in [0.1, 0.15) is 25.8 Å². The van der Waals surface area contributed by atoms with Crippen LogP contribution in [0, 0.1) is 23.7 Å². The number of hydrogen-bond acceptors (Lipinski definition) is 7. The summed E-state index contributed by atoms with van der Waals surface area (Å²) >= 11 is 9.81. The number of rotatable bonds is 7. The zero-order valence-electron chi connectivity index (χ0n) is 17.7. The highest BCUT2D eigenvalue weighted by Crippen LogP contribution is 2.52. The van der Waals surface area contributed by atoms with Gasteiger partial charge in [-0.15, -0.1) is 0 Å². The van der Waals surface area contributed by atoms with Crippen molar-refractivity contribution in [1.29, 1.82) is 0 Å². The number of carbonyl (C=O) groups is 3. The summed E-state index contributed by atoms with van der Waals surface area (Å²) in [4.78, 5) is 37.4. The average Bonchev–Trinajstić information content (AvgIpc) is 3.42. The highest BCUT2D eigenvalue weighted by Gasteiger charge is 2.59. The summed E-state index contributed by atoms with van der Waals surface area (Å²) in [5.74, 6) is -1.09. The molecule has 1 aromatic rings. The van der Waals surface area contributed by atoms with Gasteiger partial charge in [-0.3, -0.25) is 9.59 Å². The third-order valence-electron chi connectivity index (χ3n) is 5.84. The van der Waals surface area contributed by atoms with E-state index in [0.29, 0.717) is 10.0 Å². The Hall–Kier alpha value is -2.39. The van der Waals surface area contributed by atoms with Gasteiger partial charge in [0, 0.05) is 10.0 Å². The van der Waals surface area contributed by atoms with E-state index in [4.69, 9.17) is 25.8 Å². The van der Waals surface area contributed by atoms with E-state index in [-0.39, 0.29) is 64.7 Å². The summed E-state index contributed by atoms with van der Waals surface area (Å²) in [5.41, 5.74) is 0.475. The van der Waals surface area contributed by atoms with Crippen LogP contribution in [-0.2, 0) is 19.1 Å². The summed E-state index contributed by atoms with van der Waals surface area (Å²) in [6.45, 7) is 3.13. The molecule has 1 aliphatic heterocycles. The number of methoxy groups -OCH3 is 1. The maximum absolute atomic E-state index is 12.8. The molecule has 32 heavy (non-hydrogen) atoms. The minimum absolute atomic E-state index is 0.113. The Morgan fingerprint density at radius 3 is 2.47 bits per heavy atom. The third kappa shape index (κ3) is 3.92. The Balaban J connectivity index is 1.54. The molecule has 4 atom stereocenters. The van der Waals surface area contributed by atoms with Crippen LogP contribution >= 0.6 is 27.5 Å². The molecule has 1 saturated carbocycles. The molecule has 3 aliphatic rings. The number of ether oxygens (including phenoxy) is 3. The van der Waals surface area contributed by atoms with Gasteiger partial charge in [-0.2, -0.15) is 10.1 Å². The number of hydrazone groups is 1. The first-order valence-electron chi connectivity index (χ1n) is 10.2. The predicted octanol–water partition coefficient (Wildman–Crippen LogP) is 3.58. The van der Waals surface area contributed by atoms with E-state index in [1.54, 1.807) is 19.9 Å². The molecule has 1 saturated heterocycles. The quantitative estimate of drug-likeness (QED) is 0.234. The first kappa shape index (κ1) is 22.8. The lowest BCUT2D eigenvalue weighted by Crippen LogP contribution is -2.28. The molecule has 1 aromatic carbocycles. The molecule has 2 amide bonds. The fraction of sp³-hybridized carbons (Fsp3) is 0.455. The highest BCUT2D eigenvalue weighted by molar-refractivity contribution is 9.10. The Bertz CT molecular complexity index is 1010. The van der Waals surface area contributed by atoms with E-state index in [2.05, 4.69) is 21.0 Å². The van der Waals surface area contributed by atoms with Crippen molar-refractivity contribution in [2.45, 2.75) is 26.4 Å². The van der Waals surface area contributed by atoms with E-state index in [9.17, 15) is 14.4 Å². The van der Waals surface area contributed by atoms with Gasteiger partial charge in [-0.1, -0.05) is 23.8 Å². The number of nitrogens with zero attached hydrogens (tertiary/aromatic N) is 2. The number of allylic oxidation sites excluding steroid dienone is 2. The van der Waals surface area contributed by atoms with Gasteiger partial charge >= 0.3 is 5.97 Å². The summed E-state index contributed by atoms with van der Waals surface area (Å²) in [6, 6.07) is 1.58. The molecule has 8 nitrogen and oxygen atoms in total. The number of carbonyl (C=O) groups excluding carboxylic acids is 3. The first-order valence-corrected chi connectivity index (χ1v) is 11.4. The Kier molecular flexibility index (Phi) is 6.31. The van der Waals surface area contributed by atoms with Crippen LogP contribution in [0.3, 0.4) is 0 Å². The van der Waals surface area contributed by atoms with Gasteiger partial charge in [0.25, 0.3) is 11.8 Å². The monoisotopic (exact) mass is 524 g/mol. The molecule has 1 heterocycles. The zero-order valence-corrected chi connectivity index (χ0v) is 20.1. The SMILES string of the molecule is COc1cc(C=NN2C(=O)[C@@H]3[C@H](C2=O)[C@H]2C=C[C@H]3C2)c(Br)c(Cl)c1OCC(=O)OC(C)C. The Labute approximate surface area is 198 Å². The van der Waals surface area contributed by atoms with Crippen molar-refractivity contribution in [2.24, 2.45) is 28.8 Å². The van der Waals surface area contributed by atoms with Gasteiger partial charge in [0.1, 0.15) is 5.02 Å². The topological polar surface area (TPSA) is 94.5 Å². The molecule has 0 aromatic heterocycles. The third-order valence-corrected chi connectivity index (χ3v) is 7.28. The van der Waals surface area contributed by atoms with E-state index in [0.717, 1.165) is 11.4 Å². The van der Waals surface area contributed by atoms with E-state index in [1.165, 1.54) is 13.3 Å². The van der Waals surface area contributed by atoms with E-state index < -0.39 is 5.97 Å². The van der Waals surface area contributed by atoms with Crippen molar-refractivity contribution in [2.75, 3.05) is 13.7 Å². The predicted molar refractivity (Wildman–Crippen MR) is 120 cm³/mol. The minimum Gasteiger partial charge on any atom is -0.493 e. The lowest BCUT2D eigenvalue weighted by molar-refractivity contribution is -0.149. The molecule has 0 N–H and O–H groups in total. The molecule has 10 heteroatoms. The van der Waals surface area contributed by atoms with Gasteiger partial charge in [-0.25, -0.2) is 4.79 Å². The van der Waals surface area contributed by atoms with Crippen LogP contribution in [0.2, 0.25) is 5.02 Å². The van der Waals surface area contributed by atoms with Crippen molar-refractivity contribution in [3.8, 4) is 11.5 Å². The van der Waals surface area contributed by atoms with Crippen LogP contribution in [-0.4, -0.2) is 48.8 Å². The number of hydrogen-bond donors (Lipinski definition) is 0. The second-order valence-corrected chi connectivity index (χ2v) is 9.36. The smallest absolute Gasteiger partial charge is 0.344 e. The summed E-state index contributed by atoms with van der Waals surface area (Å²) < 4.78 is 16.3. The number of fused-ring (bicyclic) bond motifs is 5. The number of imide groups is 1. The van der Waals surface area contributed by atoms with E-state index >= 15 is 0 Å². The van der Waals surface area contributed by atoms with Crippen LogP contribution in [0.5, 0.6) is 11.5 Å². The maximum atomic E-state index is 12.8. The highest BCUT2D eigenvalue weighted by atomic mass is 79.9. The summed E-state index contributed by atoms with van der Waals surface area (Å²) in [7, 11) is 1.43. The molecule has 4 rings (SSSR count). The van der Waals surface area contributed by atoms with Crippen LogP contribution in [0.4, 0.5) is 0 Å². The molecular formula is C22H22BrClN2O6. The number of esters is 1. The maximum Gasteiger partial charge on any atom is 0.344 e. The molecule has 2 fully saturated rings. The fourth-order valence-electron chi connectivity index (χ4n) is 4.53. The van der Waals surface area contributed by atoms with Gasteiger partial charge < -0.3 is 14.2 Å². The van der Waals surface area contributed by atoms with Crippen LogP contribution < -0.4 is 9.47 Å². The minimum atomic E-state index is -0.542. The van der Waals surface area contributed by atoms with E-state index in [1.807, 2.05) is 12.2 Å². The summed E-state index contributed by atoms with van der Waals surface area (Å²) in [6.07, 6.45) is 6.02. The molecule has 0 radical (unpaired) electrons. The molecule has 170 valence electrons. The number of halogens is 2. The molecule has 2 bridgehead atoms. The van der Waals surface area contributed by atoms with Crippen molar-refractivity contribution >= 4 is 51.5 Å².